The van der Waals surface area contributed by atoms with Crippen LogP contribution < -0.4 is 5.32 Å². The van der Waals surface area contributed by atoms with E-state index in [0.717, 1.165) is 19.4 Å². The summed E-state index contributed by atoms with van der Waals surface area (Å²) >= 11 is 1.78. The summed E-state index contributed by atoms with van der Waals surface area (Å²) in [5.41, 5.74) is 1.27. The summed E-state index contributed by atoms with van der Waals surface area (Å²) in [5.74, 6) is 0. The molecule has 19 heavy (non-hydrogen) atoms. The van der Waals surface area contributed by atoms with Gasteiger partial charge in [0.15, 0.2) is 0 Å². The number of aliphatic hydroxyl groups excluding tert-OH is 1. The molecule has 102 valence electrons. The highest BCUT2D eigenvalue weighted by Gasteiger charge is 2.30. The molecule has 0 spiro atoms. The third-order valence-electron chi connectivity index (χ3n) is 4.37. The molecule has 1 heterocycles. The van der Waals surface area contributed by atoms with E-state index in [9.17, 15) is 5.11 Å². The van der Waals surface area contributed by atoms with Gasteiger partial charge in [0.25, 0.3) is 0 Å². The molecule has 2 nitrogen and oxygen atoms in total. The zero-order valence-electron chi connectivity index (χ0n) is 11.2. The molecular weight excluding hydrogens is 254 g/mol. The number of benzene rings is 1. The highest BCUT2D eigenvalue weighted by atomic mass is 32.1. The largest absolute Gasteiger partial charge is 0.396 e. The van der Waals surface area contributed by atoms with Crippen molar-refractivity contribution in [1.29, 1.82) is 0 Å². The normalized spacial score (nSPS) is 18.6. The molecule has 1 aliphatic rings. The van der Waals surface area contributed by atoms with E-state index in [1.54, 1.807) is 11.3 Å². The van der Waals surface area contributed by atoms with Crippen LogP contribution in [0.25, 0.3) is 10.1 Å². The Morgan fingerprint density at radius 3 is 2.79 bits per heavy atom. The van der Waals surface area contributed by atoms with Crippen LogP contribution in [0, 0.1) is 5.41 Å². The van der Waals surface area contributed by atoms with Crippen LogP contribution in [0.4, 0.5) is 5.69 Å². The van der Waals surface area contributed by atoms with Gasteiger partial charge in [-0.05, 0) is 47.9 Å². The van der Waals surface area contributed by atoms with Crippen molar-refractivity contribution in [2.75, 3.05) is 18.5 Å². The summed E-state index contributed by atoms with van der Waals surface area (Å²) in [6.45, 7) is 1.19. The lowest BCUT2D eigenvalue weighted by Gasteiger charge is -2.36. The molecule has 1 saturated carbocycles. The third kappa shape index (κ3) is 2.77. The number of fused-ring (bicyclic) bond motifs is 1. The van der Waals surface area contributed by atoms with E-state index in [-0.39, 0.29) is 5.41 Å². The molecule has 3 heteroatoms. The van der Waals surface area contributed by atoms with Crippen molar-refractivity contribution >= 4 is 27.1 Å². The van der Waals surface area contributed by atoms with Gasteiger partial charge in [0.05, 0.1) is 6.61 Å². The van der Waals surface area contributed by atoms with Gasteiger partial charge in [-0.3, -0.25) is 0 Å². The van der Waals surface area contributed by atoms with Crippen molar-refractivity contribution in [3.05, 3.63) is 29.6 Å². The maximum absolute atomic E-state index is 9.72. The summed E-state index contributed by atoms with van der Waals surface area (Å²) in [4.78, 5) is 0. The molecule has 0 aliphatic heterocycles. The van der Waals surface area contributed by atoms with Crippen LogP contribution >= 0.6 is 11.3 Å². The summed E-state index contributed by atoms with van der Waals surface area (Å²) in [7, 11) is 0. The van der Waals surface area contributed by atoms with E-state index < -0.39 is 0 Å². The third-order valence-corrected chi connectivity index (χ3v) is 5.27. The van der Waals surface area contributed by atoms with Crippen molar-refractivity contribution in [2.45, 2.75) is 32.1 Å². The van der Waals surface area contributed by atoms with E-state index in [1.807, 2.05) is 0 Å². The van der Waals surface area contributed by atoms with Gasteiger partial charge >= 0.3 is 0 Å². The fraction of sp³-hybridized carbons (Fsp3) is 0.500. The van der Waals surface area contributed by atoms with Gasteiger partial charge in [0.1, 0.15) is 0 Å². The van der Waals surface area contributed by atoms with Gasteiger partial charge in [0, 0.05) is 22.3 Å². The predicted octanol–water partition coefficient (Wildman–Crippen LogP) is 4.26. The van der Waals surface area contributed by atoms with E-state index in [1.165, 1.54) is 35.0 Å². The monoisotopic (exact) mass is 275 g/mol. The molecular formula is C16H21NOS. The van der Waals surface area contributed by atoms with E-state index in [2.05, 4.69) is 35.0 Å². The topological polar surface area (TPSA) is 32.3 Å². The molecule has 0 saturated heterocycles. The zero-order valence-corrected chi connectivity index (χ0v) is 12.0. The van der Waals surface area contributed by atoms with Crippen molar-refractivity contribution in [2.24, 2.45) is 5.41 Å². The molecule has 1 aliphatic carbocycles. The highest BCUT2D eigenvalue weighted by Crippen LogP contribution is 2.36. The standard InChI is InChI=1S/C16H21NOS/c18-12-16(7-2-1-3-8-16)11-17-14-4-5-15-13(10-14)6-9-19-15/h4-6,9-10,17-18H,1-3,7-8,11-12H2. The second-order valence-electron chi connectivity index (χ2n) is 5.75. The fourth-order valence-corrected chi connectivity index (χ4v) is 3.83. The molecule has 0 bridgehead atoms. The maximum atomic E-state index is 9.72. The van der Waals surface area contributed by atoms with Crippen LogP contribution in [0.15, 0.2) is 29.6 Å². The molecule has 2 N–H and O–H groups in total. The molecule has 1 fully saturated rings. The van der Waals surface area contributed by atoms with Gasteiger partial charge < -0.3 is 10.4 Å². The Hall–Kier alpha value is -1.06. The van der Waals surface area contributed by atoms with E-state index >= 15 is 0 Å². The number of hydrogen-bond donors (Lipinski definition) is 2. The average Bonchev–Trinajstić information content (AvgIpc) is 2.93. The first-order chi connectivity index (χ1) is 9.31. The summed E-state index contributed by atoms with van der Waals surface area (Å²) < 4.78 is 1.33. The smallest absolute Gasteiger partial charge is 0.0504 e. The first-order valence-electron chi connectivity index (χ1n) is 7.13. The SMILES string of the molecule is OCC1(CNc2ccc3sccc3c2)CCCCC1. The van der Waals surface area contributed by atoms with Crippen molar-refractivity contribution in [3.63, 3.8) is 0 Å². The molecule has 2 aromatic rings. The van der Waals surface area contributed by atoms with Crippen molar-refractivity contribution < 1.29 is 5.11 Å². The molecule has 0 amide bonds. The Kier molecular flexibility index (Phi) is 3.76. The average molecular weight is 275 g/mol. The van der Waals surface area contributed by atoms with Gasteiger partial charge in [-0.1, -0.05) is 19.3 Å². The van der Waals surface area contributed by atoms with Crippen LogP contribution in [0.2, 0.25) is 0 Å². The Bertz CT molecular complexity index is 542. The van der Waals surface area contributed by atoms with Crippen LogP contribution in [0.1, 0.15) is 32.1 Å². The number of nitrogens with one attached hydrogen (secondary N) is 1. The fourth-order valence-electron chi connectivity index (χ4n) is 3.06. The van der Waals surface area contributed by atoms with Gasteiger partial charge in [-0.25, -0.2) is 0 Å². The first-order valence-corrected chi connectivity index (χ1v) is 8.01. The van der Waals surface area contributed by atoms with Crippen molar-refractivity contribution in [3.8, 4) is 0 Å². The molecule has 0 radical (unpaired) electrons. The Balaban J connectivity index is 1.70. The molecule has 3 rings (SSSR count). The van der Waals surface area contributed by atoms with Crippen LogP contribution in [-0.2, 0) is 0 Å². The Morgan fingerprint density at radius 2 is 2.00 bits per heavy atom. The number of aliphatic hydroxyl groups is 1. The zero-order chi connectivity index (χ0) is 13.1. The Morgan fingerprint density at radius 1 is 1.16 bits per heavy atom. The molecule has 0 atom stereocenters. The summed E-state index contributed by atoms with van der Waals surface area (Å²) in [6, 6.07) is 8.69. The second kappa shape index (κ2) is 5.51. The first kappa shape index (κ1) is 12.9. The molecule has 0 unspecified atom stereocenters. The summed E-state index contributed by atoms with van der Waals surface area (Å²) in [6.07, 6.45) is 6.13. The van der Waals surface area contributed by atoms with Crippen LogP contribution in [0.3, 0.4) is 0 Å². The predicted molar refractivity (Wildman–Crippen MR) is 82.9 cm³/mol. The van der Waals surface area contributed by atoms with Gasteiger partial charge in [0.2, 0.25) is 0 Å². The van der Waals surface area contributed by atoms with Gasteiger partial charge in [-0.15, -0.1) is 11.3 Å². The lowest BCUT2D eigenvalue weighted by Crippen LogP contribution is -2.35. The van der Waals surface area contributed by atoms with Crippen molar-refractivity contribution in [1.82, 2.24) is 0 Å². The minimum Gasteiger partial charge on any atom is -0.396 e. The van der Waals surface area contributed by atoms with Crippen LogP contribution in [-0.4, -0.2) is 18.3 Å². The highest BCUT2D eigenvalue weighted by molar-refractivity contribution is 7.17. The maximum Gasteiger partial charge on any atom is 0.0504 e. The van der Waals surface area contributed by atoms with E-state index in [0.29, 0.717) is 6.61 Å². The second-order valence-corrected chi connectivity index (χ2v) is 6.69. The number of hydrogen-bond acceptors (Lipinski definition) is 3. The summed E-state index contributed by atoms with van der Waals surface area (Å²) in [5, 5.41) is 16.7. The minimum atomic E-state index is 0.0991. The lowest BCUT2D eigenvalue weighted by molar-refractivity contribution is 0.0944. The lowest BCUT2D eigenvalue weighted by atomic mass is 9.74. The minimum absolute atomic E-state index is 0.0991. The van der Waals surface area contributed by atoms with Crippen LogP contribution in [0.5, 0.6) is 0 Å². The molecule has 1 aromatic carbocycles. The van der Waals surface area contributed by atoms with E-state index in [4.69, 9.17) is 0 Å². The Labute approximate surface area is 118 Å². The number of anilines is 1. The molecule has 1 aromatic heterocycles. The quantitative estimate of drug-likeness (QED) is 0.874. The number of thiophene rings is 1. The number of rotatable bonds is 4. The van der Waals surface area contributed by atoms with Gasteiger partial charge in [-0.2, -0.15) is 0 Å².